The molecule has 0 unspecified atom stereocenters. The molecule has 0 aliphatic carbocycles. The van der Waals surface area contributed by atoms with Crippen LogP contribution in [0.15, 0.2) is 48.5 Å². The number of nitrogens with zero attached hydrogens (tertiary/aromatic N) is 2. The van der Waals surface area contributed by atoms with Gasteiger partial charge in [0.1, 0.15) is 23.1 Å². The number of methoxy groups -OCH3 is 1. The topological polar surface area (TPSA) is 76.1 Å². The Balaban J connectivity index is 1.87. The van der Waals surface area contributed by atoms with Crippen LogP contribution in [0.25, 0.3) is 0 Å². The summed E-state index contributed by atoms with van der Waals surface area (Å²) < 4.78 is 5.27. The van der Waals surface area contributed by atoms with Crippen LogP contribution in [-0.2, 0) is 6.42 Å². The number of para-hydroxylation sites is 1. The van der Waals surface area contributed by atoms with Crippen LogP contribution in [0.5, 0.6) is 5.75 Å². The average Bonchev–Trinajstić information content (AvgIpc) is 2.68. The lowest BCUT2D eigenvalue weighted by molar-refractivity contribution is 0.102. The zero-order valence-corrected chi connectivity index (χ0v) is 16.7. The Morgan fingerprint density at radius 3 is 2.64 bits per heavy atom. The van der Waals surface area contributed by atoms with Crippen LogP contribution in [0.3, 0.4) is 0 Å². The Hall–Kier alpha value is -3.12. The molecule has 0 aliphatic heterocycles. The van der Waals surface area contributed by atoms with Crippen LogP contribution in [0.1, 0.15) is 28.8 Å². The maximum Gasteiger partial charge on any atom is 0.274 e. The standard InChI is InChI=1S/C21H21ClN4O2/c1-4-14-7-5-6-8-16(14)25-20-12-18(23-13(2)24-20)21(27)26-17-11-15(22)9-10-19(17)28-3/h5-12H,4H2,1-3H3,(H,26,27)(H,23,24,25). The van der Waals surface area contributed by atoms with Gasteiger partial charge in [0.25, 0.3) is 5.91 Å². The van der Waals surface area contributed by atoms with E-state index in [2.05, 4.69) is 33.6 Å². The lowest BCUT2D eigenvalue weighted by atomic mass is 10.1. The Labute approximate surface area is 168 Å². The first kappa shape index (κ1) is 19.6. The van der Waals surface area contributed by atoms with E-state index < -0.39 is 0 Å². The van der Waals surface area contributed by atoms with Crippen LogP contribution in [0.4, 0.5) is 17.2 Å². The second-order valence-corrected chi connectivity index (χ2v) is 6.56. The minimum Gasteiger partial charge on any atom is -0.495 e. The van der Waals surface area contributed by atoms with Gasteiger partial charge < -0.3 is 15.4 Å². The zero-order valence-electron chi connectivity index (χ0n) is 15.9. The van der Waals surface area contributed by atoms with Gasteiger partial charge in [-0.3, -0.25) is 4.79 Å². The molecular weight excluding hydrogens is 376 g/mol. The number of halogens is 1. The molecule has 2 N–H and O–H groups in total. The molecule has 3 aromatic rings. The van der Waals surface area contributed by atoms with Crippen molar-refractivity contribution in [3.8, 4) is 5.75 Å². The number of carbonyl (C=O) groups excluding carboxylic acids is 1. The zero-order chi connectivity index (χ0) is 20.1. The number of aromatic nitrogens is 2. The van der Waals surface area contributed by atoms with Crippen molar-refractivity contribution in [1.82, 2.24) is 9.97 Å². The van der Waals surface area contributed by atoms with Gasteiger partial charge in [0.15, 0.2) is 0 Å². The van der Waals surface area contributed by atoms with Crippen molar-refractivity contribution in [2.24, 2.45) is 0 Å². The monoisotopic (exact) mass is 396 g/mol. The molecule has 0 bridgehead atoms. The molecule has 0 aliphatic rings. The fourth-order valence-electron chi connectivity index (χ4n) is 2.80. The summed E-state index contributed by atoms with van der Waals surface area (Å²) in [6.07, 6.45) is 0.884. The number of rotatable bonds is 6. The lowest BCUT2D eigenvalue weighted by Gasteiger charge is -2.13. The minimum absolute atomic E-state index is 0.242. The normalized spacial score (nSPS) is 10.4. The first-order valence-corrected chi connectivity index (χ1v) is 9.23. The Kier molecular flexibility index (Phi) is 6.11. The van der Waals surface area contributed by atoms with Gasteiger partial charge >= 0.3 is 0 Å². The van der Waals surface area contributed by atoms with E-state index >= 15 is 0 Å². The van der Waals surface area contributed by atoms with Crippen molar-refractivity contribution in [3.63, 3.8) is 0 Å². The fourth-order valence-corrected chi connectivity index (χ4v) is 2.97. The Morgan fingerprint density at radius 2 is 1.89 bits per heavy atom. The largest absolute Gasteiger partial charge is 0.495 e. The van der Waals surface area contributed by atoms with E-state index in [0.717, 1.165) is 17.7 Å². The highest BCUT2D eigenvalue weighted by atomic mass is 35.5. The first-order valence-electron chi connectivity index (χ1n) is 8.85. The van der Waals surface area contributed by atoms with E-state index in [-0.39, 0.29) is 11.6 Å². The van der Waals surface area contributed by atoms with Crippen molar-refractivity contribution >= 4 is 34.7 Å². The van der Waals surface area contributed by atoms with Gasteiger partial charge in [0.2, 0.25) is 0 Å². The van der Waals surface area contributed by atoms with Gasteiger partial charge in [-0.1, -0.05) is 36.7 Å². The number of ether oxygens (including phenoxy) is 1. The van der Waals surface area contributed by atoms with E-state index in [1.807, 2.05) is 18.2 Å². The number of hydrogen-bond donors (Lipinski definition) is 2. The molecule has 2 aromatic carbocycles. The summed E-state index contributed by atoms with van der Waals surface area (Å²) in [7, 11) is 1.53. The van der Waals surface area contributed by atoms with Crippen molar-refractivity contribution in [2.45, 2.75) is 20.3 Å². The molecule has 0 saturated carbocycles. The molecule has 0 spiro atoms. The SMILES string of the molecule is CCc1ccccc1Nc1cc(C(=O)Nc2cc(Cl)ccc2OC)nc(C)n1. The van der Waals surface area contributed by atoms with Crippen molar-refractivity contribution in [1.29, 1.82) is 0 Å². The third-order valence-corrected chi connectivity index (χ3v) is 4.38. The van der Waals surface area contributed by atoms with Crippen LogP contribution in [-0.4, -0.2) is 23.0 Å². The van der Waals surface area contributed by atoms with Crippen LogP contribution < -0.4 is 15.4 Å². The number of nitrogens with one attached hydrogen (secondary N) is 2. The number of amides is 1. The highest BCUT2D eigenvalue weighted by molar-refractivity contribution is 6.31. The molecule has 1 heterocycles. The molecular formula is C21H21ClN4O2. The highest BCUT2D eigenvalue weighted by Gasteiger charge is 2.14. The quantitative estimate of drug-likeness (QED) is 0.612. The number of anilines is 3. The molecule has 1 aromatic heterocycles. The highest BCUT2D eigenvalue weighted by Crippen LogP contribution is 2.28. The predicted octanol–water partition coefficient (Wildman–Crippen LogP) is 5.01. The molecule has 0 radical (unpaired) electrons. The van der Waals surface area contributed by atoms with E-state index in [1.165, 1.54) is 7.11 Å². The van der Waals surface area contributed by atoms with Crippen LogP contribution in [0, 0.1) is 6.92 Å². The summed E-state index contributed by atoms with van der Waals surface area (Å²) in [5.74, 6) is 1.18. The summed E-state index contributed by atoms with van der Waals surface area (Å²) >= 11 is 6.03. The smallest absolute Gasteiger partial charge is 0.274 e. The molecule has 1 amide bonds. The van der Waals surface area contributed by atoms with E-state index in [9.17, 15) is 4.79 Å². The van der Waals surface area contributed by atoms with Crippen molar-refractivity contribution in [3.05, 3.63) is 70.6 Å². The summed E-state index contributed by atoms with van der Waals surface area (Å²) in [5.41, 5.74) is 2.83. The number of hydrogen-bond acceptors (Lipinski definition) is 5. The van der Waals surface area contributed by atoms with Gasteiger partial charge in [-0.25, -0.2) is 9.97 Å². The maximum atomic E-state index is 12.7. The van der Waals surface area contributed by atoms with E-state index in [1.54, 1.807) is 31.2 Å². The molecule has 144 valence electrons. The lowest BCUT2D eigenvalue weighted by Crippen LogP contribution is -2.16. The fraction of sp³-hybridized carbons (Fsp3) is 0.190. The second-order valence-electron chi connectivity index (χ2n) is 6.12. The van der Waals surface area contributed by atoms with Gasteiger partial charge in [-0.2, -0.15) is 0 Å². The van der Waals surface area contributed by atoms with Gasteiger partial charge in [0, 0.05) is 16.8 Å². The summed E-state index contributed by atoms with van der Waals surface area (Å²) in [4.78, 5) is 21.4. The molecule has 0 saturated heterocycles. The number of aryl methyl sites for hydroxylation is 2. The summed E-state index contributed by atoms with van der Waals surface area (Å²) in [5, 5.41) is 6.57. The van der Waals surface area contributed by atoms with Crippen molar-refractivity contribution in [2.75, 3.05) is 17.7 Å². The molecule has 28 heavy (non-hydrogen) atoms. The molecule has 7 heteroatoms. The summed E-state index contributed by atoms with van der Waals surface area (Å²) in [6, 6.07) is 14.6. The first-order chi connectivity index (χ1) is 13.5. The number of carbonyl (C=O) groups is 1. The van der Waals surface area contributed by atoms with Gasteiger partial charge in [-0.05, 0) is 43.2 Å². The van der Waals surface area contributed by atoms with E-state index in [0.29, 0.717) is 28.1 Å². The van der Waals surface area contributed by atoms with Crippen LogP contribution in [0.2, 0.25) is 5.02 Å². The molecule has 0 fully saturated rings. The average molecular weight is 397 g/mol. The predicted molar refractivity (Wildman–Crippen MR) is 112 cm³/mol. The third-order valence-electron chi connectivity index (χ3n) is 4.14. The van der Waals surface area contributed by atoms with Gasteiger partial charge in [-0.15, -0.1) is 0 Å². The van der Waals surface area contributed by atoms with E-state index in [4.69, 9.17) is 16.3 Å². The third kappa shape index (κ3) is 4.58. The second kappa shape index (κ2) is 8.71. The minimum atomic E-state index is -0.377. The van der Waals surface area contributed by atoms with Crippen LogP contribution >= 0.6 is 11.6 Å². The maximum absolute atomic E-state index is 12.7. The molecule has 6 nitrogen and oxygen atoms in total. The summed E-state index contributed by atoms with van der Waals surface area (Å²) in [6.45, 7) is 3.83. The van der Waals surface area contributed by atoms with Gasteiger partial charge in [0.05, 0.1) is 12.8 Å². The Morgan fingerprint density at radius 1 is 1.11 bits per heavy atom. The van der Waals surface area contributed by atoms with Crippen molar-refractivity contribution < 1.29 is 9.53 Å². The number of benzene rings is 2. The molecule has 3 rings (SSSR count). The molecule has 0 atom stereocenters. The Bertz CT molecular complexity index is 1010.